The van der Waals surface area contributed by atoms with E-state index >= 15 is 0 Å². The Morgan fingerprint density at radius 2 is 1.75 bits per heavy atom. The summed E-state index contributed by atoms with van der Waals surface area (Å²) in [5.41, 5.74) is 0. The largest absolute Gasteiger partial charge is 0.353 e. The van der Waals surface area contributed by atoms with Crippen LogP contribution >= 0.6 is 0 Å². The van der Waals surface area contributed by atoms with Crippen LogP contribution in [0.2, 0.25) is 0 Å². The average Bonchev–Trinajstić information content (AvgIpc) is 2.11. The Bertz CT molecular complexity index is 141. The molecule has 2 unspecified atom stereocenters. The fourth-order valence-electron chi connectivity index (χ4n) is 2.24. The normalized spacial score (nSPS) is 35.0. The van der Waals surface area contributed by atoms with E-state index in [9.17, 15) is 0 Å². The highest BCUT2D eigenvalue weighted by Gasteiger charge is 2.41. The minimum absolute atomic E-state index is 0.308. The van der Waals surface area contributed by atoms with Crippen LogP contribution < -0.4 is 0 Å². The molecule has 1 aliphatic carbocycles. The molecule has 1 saturated carbocycles. The summed E-state index contributed by atoms with van der Waals surface area (Å²) in [6, 6.07) is 0. The summed E-state index contributed by atoms with van der Waals surface area (Å²) in [6.45, 7) is 4.49. The standard InChI is InChI=1S/C10H20O2/c1-8-6-5-7-10(11-3,12-4)9(8)2/h8-9H,5-7H2,1-4H3. The predicted octanol–water partition coefficient (Wildman–Crippen LogP) is 2.43. The first-order valence-electron chi connectivity index (χ1n) is 4.76. The van der Waals surface area contributed by atoms with Gasteiger partial charge in [-0.05, 0) is 12.3 Å². The van der Waals surface area contributed by atoms with E-state index in [1.165, 1.54) is 12.8 Å². The molecule has 0 N–H and O–H groups in total. The first-order valence-corrected chi connectivity index (χ1v) is 4.76. The van der Waals surface area contributed by atoms with Crippen molar-refractivity contribution in [1.29, 1.82) is 0 Å². The second-order valence-corrected chi connectivity index (χ2v) is 3.88. The zero-order valence-electron chi connectivity index (χ0n) is 8.59. The Morgan fingerprint density at radius 1 is 1.17 bits per heavy atom. The summed E-state index contributed by atoms with van der Waals surface area (Å²) in [5, 5.41) is 0. The number of rotatable bonds is 2. The summed E-state index contributed by atoms with van der Waals surface area (Å²) in [6.07, 6.45) is 3.55. The lowest BCUT2D eigenvalue weighted by Gasteiger charge is -2.43. The van der Waals surface area contributed by atoms with Gasteiger partial charge in [0.05, 0.1) is 0 Å². The molecule has 0 radical (unpaired) electrons. The highest BCUT2D eigenvalue weighted by atomic mass is 16.7. The van der Waals surface area contributed by atoms with E-state index in [0.29, 0.717) is 11.8 Å². The molecule has 2 atom stereocenters. The number of hydrogen-bond acceptors (Lipinski definition) is 2. The molecule has 2 nitrogen and oxygen atoms in total. The van der Waals surface area contributed by atoms with Crippen molar-refractivity contribution in [3.63, 3.8) is 0 Å². The van der Waals surface area contributed by atoms with Crippen LogP contribution in [0.25, 0.3) is 0 Å². The molecule has 0 aliphatic heterocycles. The van der Waals surface area contributed by atoms with Crippen molar-refractivity contribution in [3.05, 3.63) is 0 Å². The molecule has 0 bridgehead atoms. The van der Waals surface area contributed by atoms with Gasteiger partial charge in [-0.15, -0.1) is 0 Å². The van der Waals surface area contributed by atoms with Gasteiger partial charge in [-0.1, -0.05) is 20.3 Å². The van der Waals surface area contributed by atoms with Crippen LogP contribution in [0.1, 0.15) is 33.1 Å². The molecule has 0 aromatic rings. The second-order valence-electron chi connectivity index (χ2n) is 3.88. The van der Waals surface area contributed by atoms with E-state index < -0.39 is 0 Å². The molecule has 1 rings (SSSR count). The van der Waals surface area contributed by atoms with E-state index in [1.54, 1.807) is 14.2 Å². The molecule has 72 valence electrons. The monoisotopic (exact) mass is 172 g/mol. The maximum Gasteiger partial charge on any atom is 0.170 e. The first kappa shape index (κ1) is 10.0. The maximum absolute atomic E-state index is 5.49. The third-order valence-corrected chi connectivity index (χ3v) is 3.42. The van der Waals surface area contributed by atoms with Gasteiger partial charge in [0.2, 0.25) is 0 Å². The average molecular weight is 172 g/mol. The molecule has 0 spiro atoms. The Morgan fingerprint density at radius 3 is 2.17 bits per heavy atom. The van der Waals surface area contributed by atoms with E-state index in [2.05, 4.69) is 13.8 Å². The van der Waals surface area contributed by atoms with E-state index in [1.807, 2.05) is 0 Å². The number of hydrogen-bond donors (Lipinski definition) is 0. The molecule has 0 aromatic carbocycles. The van der Waals surface area contributed by atoms with Crippen LogP contribution in [-0.4, -0.2) is 20.0 Å². The fraction of sp³-hybridized carbons (Fsp3) is 1.00. The molecule has 0 saturated heterocycles. The van der Waals surface area contributed by atoms with Crippen molar-refractivity contribution < 1.29 is 9.47 Å². The van der Waals surface area contributed by atoms with Crippen molar-refractivity contribution >= 4 is 0 Å². The minimum Gasteiger partial charge on any atom is -0.353 e. The number of ether oxygens (including phenoxy) is 2. The summed E-state index contributed by atoms with van der Waals surface area (Å²) < 4.78 is 11.0. The SMILES string of the molecule is COC1(OC)CCCC(C)C1C. The van der Waals surface area contributed by atoms with Crippen LogP contribution in [0.15, 0.2) is 0 Å². The molecule has 0 aromatic heterocycles. The van der Waals surface area contributed by atoms with Crippen LogP contribution in [0.3, 0.4) is 0 Å². The maximum atomic E-state index is 5.49. The molecule has 0 heterocycles. The Balaban J connectivity index is 2.71. The summed E-state index contributed by atoms with van der Waals surface area (Å²) in [5.74, 6) is 0.900. The molecule has 1 fully saturated rings. The summed E-state index contributed by atoms with van der Waals surface area (Å²) >= 11 is 0. The molecule has 12 heavy (non-hydrogen) atoms. The highest BCUT2D eigenvalue weighted by molar-refractivity contribution is 4.84. The van der Waals surface area contributed by atoms with Gasteiger partial charge in [-0.2, -0.15) is 0 Å². The zero-order chi connectivity index (χ0) is 9.19. The van der Waals surface area contributed by atoms with Crippen molar-refractivity contribution in [3.8, 4) is 0 Å². The van der Waals surface area contributed by atoms with Crippen LogP contribution in [0.4, 0.5) is 0 Å². The zero-order valence-corrected chi connectivity index (χ0v) is 8.59. The molecule has 2 heteroatoms. The first-order chi connectivity index (χ1) is 5.66. The summed E-state index contributed by atoms with van der Waals surface area (Å²) in [7, 11) is 3.50. The topological polar surface area (TPSA) is 18.5 Å². The quantitative estimate of drug-likeness (QED) is 0.596. The van der Waals surface area contributed by atoms with Crippen molar-refractivity contribution in [2.24, 2.45) is 11.8 Å². The van der Waals surface area contributed by atoms with Gasteiger partial charge in [0.1, 0.15) is 0 Å². The van der Waals surface area contributed by atoms with Crippen LogP contribution in [0, 0.1) is 11.8 Å². The lowest BCUT2D eigenvalue weighted by atomic mass is 9.77. The lowest BCUT2D eigenvalue weighted by molar-refractivity contribution is -0.259. The second kappa shape index (κ2) is 3.75. The van der Waals surface area contributed by atoms with Crippen molar-refractivity contribution in [2.75, 3.05) is 14.2 Å². The highest BCUT2D eigenvalue weighted by Crippen LogP contribution is 2.40. The smallest absolute Gasteiger partial charge is 0.170 e. The van der Waals surface area contributed by atoms with Gasteiger partial charge in [-0.3, -0.25) is 0 Å². The van der Waals surface area contributed by atoms with Crippen molar-refractivity contribution in [2.45, 2.75) is 38.9 Å². The summed E-state index contributed by atoms with van der Waals surface area (Å²) in [4.78, 5) is 0. The van der Waals surface area contributed by atoms with Crippen LogP contribution in [-0.2, 0) is 9.47 Å². The lowest BCUT2D eigenvalue weighted by Crippen LogP contribution is -2.46. The van der Waals surface area contributed by atoms with Gasteiger partial charge in [0, 0.05) is 26.6 Å². The Hall–Kier alpha value is -0.0800. The van der Waals surface area contributed by atoms with E-state index in [0.717, 1.165) is 6.42 Å². The van der Waals surface area contributed by atoms with Gasteiger partial charge >= 0.3 is 0 Å². The molecular formula is C10H20O2. The van der Waals surface area contributed by atoms with Gasteiger partial charge in [0.15, 0.2) is 5.79 Å². The Kier molecular flexibility index (Phi) is 3.13. The third kappa shape index (κ3) is 1.50. The predicted molar refractivity (Wildman–Crippen MR) is 48.9 cm³/mol. The van der Waals surface area contributed by atoms with Gasteiger partial charge in [0.25, 0.3) is 0 Å². The van der Waals surface area contributed by atoms with Gasteiger partial charge in [-0.25, -0.2) is 0 Å². The van der Waals surface area contributed by atoms with E-state index in [4.69, 9.17) is 9.47 Å². The fourth-order valence-corrected chi connectivity index (χ4v) is 2.24. The molecule has 1 aliphatic rings. The van der Waals surface area contributed by atoms with Gasteiger partial charge < -0.3 is 9.47 Å². The minimum atomic E-state index is -0.308. The Labute approximate surface area is 75.2 Å². The molecule has 0 amide bonds. The third-order valence-electron chi connectivity index (χ3n) is 3.42. The van der Waals surface area contributed by atoms with Crippen LogP contribution in [0.5, 0.6) is 0 Å². The number of methoxy groups -OCH3 is 2. The van der Waals surface area contributed by atoms with Crippen molar-refractivity contribution in [1.82, 2.24) is 0 Å². The molecular weight excluding hydrogens is 152 g/mol. The van der Waals surface area contributed by atoms with E-state index in [-0.39, 0.29) is 5.79 Å².